The van der Waals surface area contributed by atoms with Crippen molar-refractivity contribution < 1.29 is 8.42 Å². The molecule has 0 aliphatic carbocycles. The molecule has 0 aliphatic rings. The number of hydrogen-bond acceptors (Lipinski definition) is 3. The molecule has 0 atom stereocenters. The van der Waals surface area contributed by atoms with Crippen LogP contribution in [0.15, 0.2) is 27.6 Å². The lowest BCUT2D eigenvalue weighted by atomic mass is 10.3. The summed E-state index contributed by atoms with van der Waals surface area (Å²) in [7, 11) is -3.58. The highest BCUT2D eigenvalue weighted by atomic mass is 79.9. The first-order chi connectivity index (χ1) is 7.47. The van der Waals surface area contributed by atoms with E-state index < -0.39 is 10.0 Å². The number of benzene rings is 1. The van der Waals surface area contributed by atoms with Crippen LogP contribution in [0.3, 0.4) is 0 Å². The number of rotatable bonds is 3. The lowest BCUT2D eigenvalue weighted by molar-refractivity contribution is 0.586. The standard InChI is InChI=1S/C10H11BrN2O2S/c1-2-3-6-13-16(14,15)10-5-4-8(11)7-9(10)12/h4-5,7,13H,6,12H2,1H3. The Balaban J connectivity index is 3.01. The molecule has 1 rings (SSSR count). The number of nitrogens with two attached hydrogens (primary N) is 1. The Labute approximate surface area is 103 Å². The molecule has 1 aromatic rings. The molecule has 0 fully saturated rings. The highest BCUT2D eigenvalue weighted by molar-refractivity contribution is 9.10. The minimum absolute atomic E-state index is 0.0635. The molecule has 0 aromatic heterocycles. The number of nitrogens with one attached hydrogen (secondary N) is 1. The number of nitrogen functional groups attached to an aromatic ring is 1. The van der Waals surface area contributed by atoms with Gasteiger partial charge in [0.1, 0.15) is 4.90 Å². The molecule has 0 amide bonds. The highest BCUT2D eigenvalue weighted by Crippen LogP contribution is 2.22. The van der Waals surface area contributed by atoms with Crippen LogP contribution in [0, 0.1) is 11.8 Å². The van der Waals surface area contributed by atoms with Crippen LogP contribution in [0.25, 0.3) is 0 Å². The van der Waals surface area contributed by atoms with Crippen LogP contribution in [-0.2, 0) is 10.0 Å². The molecule has 0 unspecified atom stereocenters. The predicted octanol–water partition coefficient (Wildman–Crippen LogP) is 1.33. The zero-order valence-electron chi connectivity index (χ0n) is 8.62. The summed E-state index contributed by atoms with van der Waals surface area (Å²) in [5, 5.41) is 0. The van der Waals surface area contributed by atoms with E-state index >= 15 is 0 Å². The van der Waals surface area contributed by atoms with E-state index in [-0.39, 0.29) is 17.1 Å². The molecule has 0 radical (unpaired) electrons. The van der Waals surface area contributed by atoms with Crippen molar-refractivity contribution in [3.8, 4) is 11.8 Å². The average molecular weight is 303 g/mol. The second-order valence-electron chi connectivity index (χ2n) is 2.93. The van der Waals surface area contributed by atoms with Gasteiger partial charge in [-0.2, -0.15) is 4.72 Å². The van der Waals surface area contributed by atoms with Crippen LogP contribution in [0.4, 0.5) is 5.69 Å². The largest absolute Gasteiger partial charge is 0.398 e. The Kier molecular flexibility index (Phi) is 4.35. The Hall–Kier alpha value is -1.03. The third-order valence-electron chi connectivity index (χ3n) is 1.79. The highest BCUT2D eigenvalue weighted by Gasteiger charge is 2.16. The zero-order chi connectivity index (χ0) is 12.2. The van der Waals surface area contributed by atoms with E-state index in [1.165, 1.54) is 6.07 Å². The molecule has 16 heavy (non-hydrogen) atoms. The van der Waals surface area contributed by atoms with Gasteiger partial charge in [0.25, 0.3) is 0 Å². The molecule has 4 nitrogen and oxygen atoms in total. The first-order valence-corrected chi connectivity index (χ1v) is 6.69. The monoisotopic (exact) mass is 302 g/mol. The Morgan fingerprint density at radius 1 is 1.50 bits per heavy atom. The summed E-state index contributed by atoms with van der Waals surface area (Å²) in [4.78, 5) is 0.0635. The number of sulfonamides is 1. The first-order valence-electron chi connectivity index (χ1n) is 4.41. The zero-order valence-corrected chi connectivity index (χ0v) is 11.0. The van der Waals surface area contributed by atoms with Gasteiger partial charge in [-0.25, -0.2) is 8.42 Å². The molecular formula is C10H11BrN2O2S. The summed E-state index contributed by atoms with van der Waals surface area (Å²) in [6, 6.07) is 4.61. The third kappa shape index (κ3) is 3.23. The molecule has 1 aromatic carbocycles. The molecule has 6 heteroatoms. The van der Waals surface area contributed by atoms with Gasteiger partial charge in [0.2, 0.25) is 10.0 Å². The molecule has 0 aliphatic heterocycles. The second kappa shape index (κ2) is 5.34. The van der Waals surface area contributed by atoms with Crippen molar-refractivity contribution in [1.29, 1.82) is 0 Å². The average Bonchev–Trinajstić information content (AvgIpc) is 2.17. The van der Waals surface area contributed by atoms with Crippen LogP contribution < -0.4 is 10.5 Å². The maximum absolute atomic E-state index is 11.8. The maximum atomic E-state index is 11.8. The lowest BCUT2D eigenvalue weighted by Crippen LogP contribution is -2.24. The van der Waals surface area contributed by atoms with Crippen molar-refractivity contribution in [2.45, 2.75) is 11.8 Å². The van der Waals surface area contributed by atoms with Crippen LogP contribution >= 0.6 is 15.9 Å². The Morgan fingerprint density at radius 2 is 2.19 bits per heavy atom. The fourth-order valence-corrected chi connectivity index (χ4v) is 2.47. The van der Waals surface area contributed by atoms with Crippen LogP contribution in [-0.4, -0.2) is 15.0 Å². The van der Waals surface area contributed by atoms with E-state index in [2.05, 4.69) is 32.5 Å². The van der Waals surface area contributed by atoms with Crippen LogP contribution in [0.1, 0.15) is 6.92 Å². The quantitative estimate of drug-likeness (QED) is 0.653. The SMILES string of the molecule is CC#CCNS(=O)(=O)c1ccc(Br)cc1N. The third-order valence-corrected chi connectivity index (χ3v) is 3.76. The van der Waals surface area contributed by atoms with Gasteiger partial charge in [-0.1, -0.05) is 21.9 Å². The summed E-state index contributed by atoms with van der Waals surface area (Å²) in [5.74, 6) is 5.21. The van der Waals surface area contributed by atoms with Gasteiger partial charge >= 0.3 is 0 Å². The Morgan fingerprint density at radius 3 is 2.75 bits per heavy atom. The number of halogens is 1. The van der Waals surface area contributed by atoms with Crippen molar-refractivity contribution in [1.82, 2.24) is 4.72 Å². The molecule has 3 N–H and O–H groups in total. The van der Waals surface area contributed by atoms with Gasteiger partial charge in [0.15, 0.2) is 0 Å². The van der Waals surface area contributed by atoms with E-state index in [9.17, 15) is 8.42 Å². The summed E-state index contributed by atoms with van der Waals surface area (Å²) in [6.45, 7) is 1.72. The molecule has 0 saturated carbocycles. The normalized spacial score (nSPS) is 10.6. The number of anilines is 1. The van der Waals surface area contributed by atoms with Gasteiger partial charge in [0, 0.05) is 4.47 Å². The molecule has 0 spiro atoms. The first kappa shape index (κ1) is 13.0. The van der Waals surface area contributed by atoms with E-state index in [4.69, 9.17) is 5.73 Å². The van der Waals surface area contributed by atoms with Crippen LogP contribution in [0.2, 0.25) is 0 Å². The topological polar surface area (TPSA) is 72.2 Å². The van der Waals surface area contributed by atoms with Crippen LogP contribution in [0.5, 0.6) is 0 Å². The van der Waals surface area contributed by atoms with Crippen molar-refractivity contribution in [2.24, 2.45) is 0 Å². The smallest absolute Gasteiger partial charge is 0.243 e. The van der Waals surface area contributed by atoms with Gasteiger partial charge in [-0.3, -0.25) is 0 Å². The summed E-state index contributed by atoms with van der Waals surface area (Å²) < 4.78 is 26.6. The van der Waals surface area contributed by atoms with Crippen molar-refractivity contribution in [3.63, 3.8) is 0 Å². The minimum atomic E-state index is -3.58. The van der Waals surface area contributed by atoms with Crippen molar-refractivity contribution in [2.75, 3.05) is 12.3 Å². The molecule has 0 saturated heterocycles. The van der Waals surface area contributed by atoms with E-state index in [1.54, 1.807) is 19.1 Å². The van der Waals surface area contributed by atoms with Gasteiger partial charge < -0.3 is 5.73 Å². The fraction of sp³-hybridized carbons (Fsp3) is 0.200. The van der Waals surface area contributed by atoms with Gasteiger partial charge in [0.05, 0.1) is 12.2 Å². The predicted molar refractivity (Wildman–Crippen MR) is 67.2 cm³/mol. The lowest BCUT2D eigenvalue weighted by Gasteiger charge is -2.07. The minimum Gasteiger partial charge on any atom is -0.398 e. The maximum Gasteiger partial charge on any atom is 0.243 e. The van der Waals surface area contributed by atoms with Crippen molar-refractivity contribution in [3.05, 3.63) is 22.7 Å². The Bertz CT molecular complexity index is 544. The van der Waals surface area contributed by atoms with Gasteiger partial charge in [-0.05, 0) is 25.1 Å². The second-order valence-corrected chi connectivity index (χ2v) is 5.58. The molecule has 0 bridgehead atoms. The summed E-state index contributed by atoms with van der Waals surface area (Å²) >= 11 is 3.21. The molecule has 0 heterocycles. The summed E-state index contributed by atoms with van der Waals surface area (Å²) in [5.41, 5.74) is 5.83. The van der Waals surface area contributed by atoms with E-state index in [0.717, 1.165) is 4.47 Å². The fourth-order valence-electron chi connectivity index (χ4n) is 1.06. The van der Waals surface area contributed by atoms with E-state index in [0.29, 0.717) is 0 Å². The summed E-state index contributed by atoms with van der Waals surface area (Å²) in [6.07, 6.45) is 0. The van der Waals surface area contributed by atoms with Gasteiger partial charge in [-0.15, -0.1) is 5.92 Å². The number of hydrogen-bond donors (Lipinski definition) is 2. The van der Waals surface area contributed by atoms with E-state index in [1.807, 2.05) is 0 Å². The molecule has 86 valence electrons. The molecular weight excluding hydrogens is 292 g/mol. The van der Waals surface area contributed by atoms with Crippen molar-refractivity contribution >= 4 is 31.6 Å².